The summed E-state index contributed by atoms with van der Waals surface area (Å²) in [5, 5.41) is -0.795. The monoisotopic (exact) mass is 430 g/mol. The van der Waals surface area contributed by atoms with Gasteiger partial charge in [0.2, 0.25) is 11.8 Å². The summed E-state index contributed by atoms with van der Waals surface area (Å²) in [4.78, 5) is 29.8. The number of benzene rings is 1. The SMILES string of the molecule is O=C(CN(C(=O)C(Cl)c1ccccc1)C1CC1)N(Cc1ccco1)CC1CCCO1. The molecule has 0 N–H and O–H groups in total. The molecule has 1 saturated heterocycles. The molecular weight excluding hydrogens is 404 g/mol. The molecule has 7 heteroatoms. The number of carbonyl (C=O) groups is 2. The third-order valence-electron chi connectivity index (χ3n) is 5.61. The Morgan fingerprint density at radius 1 is 1.10 bits per heavy atom. The summed E-state index contributed by atoms with van der Waals surface area (Å²) < 4.78 is 11.2. The van der Waals surface area contributed by atoms with Crippen molar-refractivity contribution in [3.63, 3.8) is 0 Å². The van der Waals surface area contributed by atoms with E-state index in [1.165, 1.54) is 0 Å². The first-order valence-corrected chi connectivity index (χ1v) is 11.0. The van der Waals surface area contributed by atoms with Crippen LogP contribution in [0.15, 0.2) is 53.1 Å². The lowest BCUT2D eigenvalue weighted by molar-refractivity contribution is -0.142. The van der Waals surface area contributed by atoms with Crippen molar-refractivity contribution in [1.29, 1.82) is 0 Å². The number of rotatable bonds is 9. The van der Waals surface area contributed by atoms with Gasteiger partial charge in [0.15, 0.2) is 0 Å². The summed E-state index contributed by atoms with van der Waals surface area (Å²) in [6, 6.07) is 13.0. The molecule has 1 saturated carbocycles. The topological polar surface area (TPSA) is 63.0 Å². The van der Waals surface area contributed by atoms with Crippen LogP contribution in [0.3, 0.4) is 0 Å². The molecule has 2 aliphatic rings. The fourth-order valence-electron chi connectivity index (χ4n) is 3.81. The predicted octanol–water partition coefficient (Wildman–Crippen LogP) is 3.76. The third kappa shape index (κ3) is 5.24. The van der Waals surface area contributed by atoms with E-state index in [1.807, 2.05) is 42.5 Å². The number of amides is 2. The lowest BCUT2D eigenvalue weighted by Gasteiger charge is -2.29. The van der Waals surface area contributed by atoms with Gasteiger partial charge >= 0.3 is 0 Å². The molecule has 6 nitrogen and oxygen atoms in total. The highest BCUT2D eigenvalue weighted by Crippen LogP contribution is 2.32. The number of nitrogens with zero attached hydrogens (tertiary/aromatic N) is 2. The Bertz CT molecular complexity index is 832. The molecule has 2 atom stereocenters. The second-order valence-corrected chi connectivity index (χ2v) is 8.40. The van der Waals surface area contributed by atoms with Crippen LogP contribution >= 0.6 is 11.6 Å². The van der Waals surface area contributed by atoms with E-state index in [0.717, 1.165) is 37.9 Å². The van der Waals surface area contributed by atoms with E-state index in [9.17, 15) is 9.59 Å². The van der Waals surface area contributed by atoms with Crippen molar-refractivity contribution in [3.8, 4) is 0 Å². The van der Waals surface area contributed by atoms with Crippen molar-refractivity contribution in [2.75, 3.05) is 19.7 Å². The van der Waals surface area contributed by atoms with Crippen LogP contribution in [0.25, 0.3) is 0 Å². The molecule has 2 fully saturated rings. The fourth-order valence-corrected chi connectivity index (χ4v) is 4.08. The number of alkyl halides is 1. The highest BCUT2D eigenvalue weighted by atomic mass is 35.5. The molecule has 2 heterocycles. The number of halogens is 1. The fraction of sp³-hybridized carbons (Fsp3) is 0.478. The first kappa shape index (κ1) is 20.9. The average molecular weight is 431 g/mol. The standard InChI is InChI=1S/C23H27ClN2O4/c24-22(17-6-2-1-3-7-17)23(28)26(18-10-11-18)16-21(27)25(14-19-8-4-12-29-19)15-20-9-5-13-30-20/h1-4,6-8,12,18,20,22H,5,9-11,13-16H2. The maximum absolute atomic E-state index is 13.3. The molecular formula is C23H27ClN2O4. The molecule has 0 bridgehead atoms. The normalized spacial score (nSPS) is 19.4. The Hall–Kier alpha value is -2.31. The zero-order chi connectivity index (χ0) is 20.9. The van der Waals surface area contributed by atoms with E-state index in [2.05, 4.69) is 0 Å². The van der Waals surface area contributed by atoms with E-state index < -0.39 is 5.38 Å². The first-order valence-electron chi connectivity index (χ1n) is 10.5. The number of hydrogen-bond acceptors (Lipinski definition) is 4. The zero-order valence-electron chi connectivity index (χ0n) is 16.9. The first-order chi connectivity index (χ1) is 14.6. The van der Waals surface area contributed by atoms with Crippen LogP contribution in [-0.2, 0) is 20.9 Å². The predicted molar refractivity (Wildman–Crippen MR) is 113 cm³/mol. The molecule has 1 aromatic carbocycles. The van der Waals surface area contributed by atoms with Crippen molar-refractivity contribution < 1.29 is 18.7 Å². The van der Waals surface area contributed by atoms with Gasteiger partial charge in [-0.05, 0) is 43.4 Å². The molecule has 2 amide bonds. The third-order valence-corrected chi connectivity index (χ3v) is 6.05. The number of hydrogen-bond donors (Lipinski definition) is 0. The summed E-state index contributed by atoms with van der Waals surface area (Å²) in [6.45, 7) is 1.61. The number of furan rings is 1. The average Bonchev–Trinajstić information content (AvgIpc) is 3.23. The Morgan fingerprint density at radius 2 is 1.90 bits per heavy atom. The van der Waals surface area contributed by atoms with Gasteiger partial charge in [0, 0.05) is 19.2 Å². The Morgan fingerprint density at radius 3 is 2.53 bits per heavy atom. The van der Waals surface area contributed by atoms with Crippen molar-refractivity contribution in [2.45, 2.75) is 49.8 Å². The lowest BCUT2D eigenvalue weighted by atomic mass is 10.1. The summed E-state index contributed by atoms with van der Waals surface area (Å²) in [5.41, 5.74) is 0.745. The molecule has 1 aliphatic carbocycles. The second-order valence-electron chi connectivity index (χ2n) is 7.96. The van der Waals surface area contributed by atoms with Crippen LogP contribution in [0, 0.1) is 0 Å². The largest absolute Gasteiger partial charge is 0.467 e. The van der Waals surface area contributed by atoms with Crippen LogP contribution in [-0.4, -0.2) is 53.5 Å². The van der Waals surface area contributed by atoms with Crippen molar-refractivity contribution in [3.05, 3.63) is 60.1 Å². The van der Waals surface area contributed by atoms with Gasteiger partial charge in [-0.2, -0.15) is 0 Å². The Labute approximate surface area is 181 Å². The molecule has 1 aliphatic heterocycles. The van der Waals surface area contributed by atoms with E-state index >= 15 is 0 Å². The maximum Gasteiger partial charge on any atom is 0.245 e. The smallest absolute Gasteiger partial charge is 0.245 e. The highest BCUT2D eigenvalue weighted by Gasteiger charge is 2.38. The van der Waals surface area contributed by atoms with Crippen LogP contribution in [0.5, 0.6) is 0 Å². The molecule has 1 aromatic heterocycles. The molecule has 2 aromatic rings. The van der Waals surface area contributed by atoms with Gasteiger partial charge in [0.1, 0.15) is 17.7 Å². The van der Waals surface area contributed by atoms with E-state index in [4.69, 9.17) is 20.8 Å². The number of ether oxygens (including phenoxy) is 1. The Kier molecular flexibility index (Phi) is 6.75. The van der Waals surface area contributed by atoms with Gasteiger partial charge < -0.3 is 19.0 Å². The second kappa shape index (κ2) is 9.67. The van der Waals surface area contributed by atoms with Crippen LogP contribution in [0.2, 0.25) is 0 Å². The minimum atomic E-state index is -0.795. The maximum atomic E-state index is 13.3. The summed E-state index contributed by atoms with van der Waals surface area (Å²) >= 11 is 6.49. The lowest BCUT2D eigenvalue weighted by Crippen LogP contribution is -2.46. The minimum Gasteiger partial charge on any atom is -0.467 e. The van der Waals surface area contributed by atoms with Crippen LogP contribution in [0.4, 0.5) is 0 Å². The molecule has 0 spiro atoms. The molecule has 0 radical (unpaired) electrons. The Balaban J connectivity index is 1.46. The van der Waals surface area contributed by atoms with Gasteiger partial charge in [-0.25, -0.2) is 0 Å². The highest BCUT2D eigenvalue weighted by molar-refractivity contribution is 6.30. The quantitative estimate of drug-likeness (QED) is 0.568. The molecule has 30 heavy (non-hydrogen) atoms. The van der Waals surface area contributed by atoms with Crippen LogP contribution < -0.4 is 0 Å². The van der Waals surface area contributed by atoms with Gasteiger partial charge in [0.25, 0.3) is 0 Å². The minimum absolute atomic E-state index is 0.0208. The van der Waals surface area contributed by atoms with Gasteiger partial charge in [-0.1, -0.05) is 30.3 Å². The van der Waals surface area contributed by atoms with Crippen molar-refractivity contribution >= 4 is 23.4 Å². The molecule has 2 unspecified atom stereocenters. The zero-order valence-corrected chi connectivity index (χ0v) is 17.7. The van der Waals surface area contributed by atoms with Crippen LogP contribution in [0.1, 0.15) is 42.4 Å². The summed E-state index contributed by atoms with van der Waals surface area (Å²) in [5.74, 6) is 0.387. The van der Waals surface area contributed by atoms with Crippen molar-refractivity contribution in [2.24, 2.45) is 0 Å². The molecule has 4 rings (SSSR count). The molecule has 160 valence electrons. The van der Waals surface area contributed by atoms with E-state index in [1.54, 1.807) is 16.1 Å². The summed E-state index contributed by atoms with van der Waals surface area (Å²) in [6.07, 6.45) is 5.37. The van der Waals surface area contributed by atoms with Gasteiger partial charge in [-0.15, -0.1) is 11.6 Å². The number of carbonyl (C=O) groups excluding carboxylic acids is 2. The van der Waals surface area contributed by atoms with Gasteiger partial charge in [0.05, 0.1) is 18.9 Å². The van der Waals surface area contributed by atoms with E-state index in [-0.39, 0.29) is 30.5 Å². The van der Waals surface area contributed by atoms with Gasteiger partial charge in [-0.3, -0.25) is 9.59 Å². The summed E-state index contributed by atoms with van der Waals surface area (Å²) in [7, 11) is 0. The van der Waals surface area contributed by atoms with E-state index in [0.29, 0.717) is 18.8 Å². The van der Waals surface area contributed by atoms with Crippen molar-refractivity contribution in [1.82, 2.24) is 9.80 Å².